The fourth-order valence-electron chi connectivity index (χ4n) is 1.80. The minimum absolute atomic E-state index is 0.0543. The van der Waals surface area contributed by atoms with Crippen LogP contribution in [0.2, 0.25) is 10.0 Å². The third-order valence-corrected chi connectivity index (χ3v) is 3.20. The number of carbonyl (C=O) groups excluding carboxylic acids is 2. The van der Waals surface area contributed by atoms with Crippen LogP contribution in [0.4, 0.5) is 5.69 Å². The number of amides is 1. The van der Waals surface area contributed by atoms with Crippen molar-refractivity contribution >= 4 is 40.8 Å². The first-order valence-electron chi connectivity index (χ1n) is 4.95. The van der Waals surface area contributed by atoms with Crippen LogP contribution in [0.1, 0.15) is 6.42 Å². The van der Waals surface area contributed by atoms with Crippen LogP contribution in [0.5, 0.6) is 0 Å². The van der Waals surface area contributed by atoms with Crippen LogP contribution in [-0.2, 0) is 9.59 Å². The molecule has 1 amide bonds. The predicted octanol–water partition coefficient (Wildman–Crippen LogP) is 1.10. The average molecular weight is 273 g/mol. The van der Waals surface area contributed by atoms with Crippen molar-refractivity contribution in [2.24, 2.45) is 5.92 Å². The molecular weight excluding hydrogens is 265 g/mol. The first kappa shape index (κ1) is 12.2. The summed E-state index contributed by atoms with van der Waals surface area (Å²) in [6.45, 7) is 0.0858. The first-order valence-corrected chi connectivity index (χ1v) is 5.71. The van der Waals surface area contributed by atoms with E-state index < -0.39 is 11.9 Å². The Hall–Kier alpha value is -1.26. The Labute approximate surface area is 108 Å². The Balaban J connectivity index is 2.29. The molecule has 0 spiro atoms. The molecule has 1 saturated heterocycles. The smallest absolute Gasteiger partial charge is 0.227 e. The van der Waals surface area contributed by atoms with Crippen LogP contribution in [-0.4, -0.2) is 18.4 Å². The summed E-state index contributed by atoms with van der Waals surface area (Å²) in [6.07, 6.45) is -0.0543. The van der Waals surface area contributed by atoms with E-state index in [9.17, 15) is 14.7 Å². The molecule has 1 aromatic carbocycles. The van der Waals surface area contributed by atoms with Gasteiger partial charge in [0.1, 0.15) is 0 Å². The van der Waals surface area contributed by atoms with E-state index in [4.69, 9.17) is 23.2 Å². The molecule has 0 aromatic heterocycles. The summed E-state index contributed by atoms with van der Waals surface area (Å²) < 4.78 is 0. The zero-order valence-corrected chi connectivity index (χ0v) is 10.2. The van der Waals surface area contributed by atoms with Crippen LogP contribution >= 0.6 is 23.2 Å². The summed E-state index contributed by atoms with van der Waals surface area (Å²) in [4.78, 5) is 23.7. The number of hydrogen-bond donors (Lipinski definition) is 0. The van der Waals surface area contributed by atoms with Gasteiger partial charge in [0.25, 0.3) is 0 Å². The maximum Gasteiger partial charge on any atom is 0.227 e. The third-order valence-electron chi connectivity index (χ3n) is 2.66. The molecule has 1 aliphatic heterocycles. The molecule has 1 heterocycles. The van der Waals surface area contributed by atoms with E-state index in [-0.39, 0.29) is 18.9 Å². The van der Waals surface area contributed by atoms with Gasteiger partial charge in [-0.1, -0.05) is 23.2 Å². The van der Waals surface area contributed by atoms with E-state index in [1.165, 1.54) is 11.0 Å². The van der Waals surface area contributed by atoms with Gasteiger partial charge < -0.3 is 14.8 Å². The fraction of sp³-hybridized carbons (Fsp3) is 0.273. The molecule has 0 aliphatic carbocycles. The van der Waals surface area contributed by atoms with E-state index in [1.54, 1.807) is 12.1 Å². The highest BCUT2D eigenvalue weighted by Crippen LogP contribution is 2.32. The summed E-state index contributed by atoms with van der Waals surface area (Å²) in [5.74, 6) is -2.27. The number of rotatable bonds is 2. The van der Waals surface area contributed by atoms with E-state index >= 15 is 0 Å². The molecule has 90 valence electrons. The lowest BCUT2D eigenvalue weighted by Gasteiger charge is -2.18. The quantitative estimate of drug-likeness (QED) is 0.810. The minimum Gasteiger partial charge on any atom is -0.550 e. The number of carbonyl (C=O) groups is 2. The summed E-state index contributed by atoms with van der Waals surface area (Å²) >= 11 is 11.7. The van der Waals surface area contributed by atoms with E-state index in [0.717, 1.165) is 0 Å². The highest BCUT2D eigenvalue weighted by atomic mass is 35.5. The molecule has 17 heavy (non-hydrogen) atoms. The Morgan fingerprint density at radius 1 is 1.41 bits per heavy atom. The number of nitrogens with zero attached hydrogens (tertiary/aromatic N) is 1. The Bertz CT molecular complexity index is 490. The number of aliphatic carboxylic acids is 1. The molecule has 0 saturated carbocycles. The number of carboxylic acid groups (broad SMARTS) is 1. The van der Waals surface area contributed by atoms with E-state index in [2.05, 4.69) is 0 Å². The van der Waals surface area contributed by atoms with Crippen LogP contribution in [0.25, 0.3) is 0 Å². The van der Waals surface area contributed by atoms with Crippen molar-refractivity contribution in [2.45, 2.75) is 6.42 Å². The van der Waals surface area contributed by atoms with Gasteiger partial charge in [-0.05, 0) is 18.2 Å². The second kappa shape index (κ2) is 4.55. The normalized spacial score (nSPS) is 19.8. The number of halogens is 2. The number of benzene rings is 1. The predicted molar refractivity (Wildman–Crippen MR) is 61.9 cm³/mol. The van der Waals surface area contributed by atoms with Crippen molar-refractivity contribution in [1.29, 1.82) is 0 Å². The molecule has 0 N–H and O–H groups in total. The monoisotopic (exact) mass is 272 g/mol. The maximum absolute atomic E-state index is 11.7. The molecule has 1 aliphatic rings. The van der Waals surface area contributed by atoms with Crippen LogP contribution < -0.4 is 10.0 Å². The molecule has 1 aromatic rings. The van der Waals surface area contributed by atoms with Gasteiger partial charge in [0, 0.05) is 29.9 Å². The summed E-state index contributed by atoms with van der Waals surface area (Å²) in [5, 5.41) is 11.5. The molecule has 6 heteroatoms. The molecule has 1 fully saturated rings. The van der Waals surface area contributed by atoms with Gasteiger partial charge in [0.2, 0.25) is 5.91 Å². The van der Waals surface area contributed by atoms with Crippen molar-refractivity contribution in [1.82, 2.24) is 0 Å². The van der Waals surface area contributed by atoms with Crippen molar-refractivity contribution in [3.05, 3.63) is 28.2 Å². The summed E-state index contributed by atoms with van der Waals surface area (Å²) in [7, 11) is 0. The van der Waals surface area contributed by atoms with Gasteiger partial charge in [-0.3, -0.25) is 4.79 Å². The van der Waals surface area contributed by atoms with Gasteiger partial charge in [-0.15, -0.1) is 0 Å². The second-order valence-corrected chi connectivity index (χ2v) is 4.66. The zero-order chi connectivity index (χ0) is 12.6. The Morgan fingerprint density at radius 2 is 2.12 bits per heavy atom. The van der Waals surface area contributed by atoms with E-state index in [0.29, 0.717) is 15.7 Å². The highest BCUT2D eigenvalue weighted by molar-refractivity contribution is 6.36. The lowest BCUT2D eigenvalue weighted by Crippen LogP contribution is -2.33. The van der Waals surface area contributed by atoms with Gasteiger partial charge in [-0.25, -0.2) is 0 Å². The molecule has 1 unspecified atom stereocenters. The summed E-state index contributed by atoms with van der Waals surface area (Å²) in [6, 6.07) is 4.71. The van der Waals surface area contributed by atoms with Crippen molar-refractivity contribution in [3.8, 4) is 0 Å². The lowest BCUT2D eigenvalue weighted by molar-refractivity contribution is -0.310. The van der Waals surface area contributed by atoms with Gasteiger partial charge in [0.05, 0.1) is 10.7 Å². The van der Waals surface area contributed by atoms with Crippen molar-refractivity contribution < 1.29 is 14.7 Å². The number of hydrogen-bond acceptors (Lipinski definition) is 3. The largest absolute Gasteiger partial charge is 0.550 e. The second-order valence-electron chi connectivity index (χ2n) is 3.82. The van der Waals surface area contributed by atoms with Crippen molar-refractivity contribution in [3.63, 3.8) is 0 Å². The fourth-order valence-corrected chi connectivity index (χ4v) is 2.31. The lowest BCUT2D eigenvalue weighted by atomic mass is 10.1. The highest BCUT2D eigenvalue weighted by Gasteiger charge is 2.32. The minimum atomic E-state index is -1.22. The topological polar surface area (TPSA) is 60.4 Å². The zero-order valence-electron chi connectivity index (χ0n) is 8.65. The molecule has 4 nitrogen and oxygen atoms in total. The SMILES string of the molecule is O=C([O-])C1CC(=O)N(c2ccc(Cl)cc2Cl)C1. The first-order chi connectivity index (χ1) is 7.99. The van der Waals surface area contributed by atoms with Crippen LogP contribution in [0.3, 0.4) is 0 Å². The molecule has 2 rings (SSSR count). The van der Waals surface area contributed by atoms with Crippen LogP contribution in [0.15, 0.2) is 18.2 Å². The molecule has 0 radical (unpaired) electrons. The molecular formula is C11H8Cl2NO3-. The Kier molecular flexibility index (Phi) is 3.26. The van der Waals surface area contributed by atoms with Crippen LogP contribution in [0, 0.1) is 5.92 Å². The van der Waals surface area contributed by atoms with Gasteiger partial charge >= 0.3 is 0 Å². The van der Waals surface area contributed by atoms with Crippen molar-refractivity contribution in [2.75, 3.05) is 11.4 Å². The van der Waals surface area contributed by atoms with Gasteiger partial charge in [0.15, 0.2) is 0 Å². The standard InChI is InChI=1S/C11H9Cl2NO3/c12-7-1-2-9(8(13)4-7)14-5-6(11(16)17)3-10(14)15/h1-2,4,6H,3,5H2,(H,16,17)/p-1. The Morgan fingerprint density at radius 3 is 2.65 bits per heavy atom. The van der Waals surface area contributed by atoms with E-state index in [1.807, 2.05) is 0 Å². The maximum atomic E-state index is 11.7. The number of carboxylic acids is 1. The molecule has 0 bridgehead atoms. The van der Waals surface area contributed by atoms with Gasteiger partial charge in [-0.2, -0.15) is 0 Å². The average Bonchev–Trinajstić information content (AvgIpc) is 2.61. The number of anilines is 1. The summed E-state index contributed by atoms with van der Waals surface area (Å²) in [5.41, 5.74) is 0.477. The molecule has 1 atom stereocenters. The third kappa shape index (κ3) is 2.37.